The maximum Gasteiger partial charge on any atom is 0.251 e. The van der Waals surface area contributed by atoms with Crippen molar-refractivity contribution in [2.24, 2.45) is 0 Å². The minimum Gasteiger partial charge on any atom is -0.350 e. The molecule has 0 saturated carbocycles. The van der Waals surface area contributed by atoms with Gasteiger partial charge in [-0.15, -0.1) is 0 Å². The molecule has 2 aromatic rings. The molecular formula is C18H22N2O. The largest absolute Gasteiger partial charge is 0.350 e. The molecule has 2 rings (SSSR count). The molecule has 0 fully saturated rings. The Morgan fingerprint density at radius 3 is 2.24 bits per heavy atom. The predicted octanol–water partition coefficient (Wildman–Crippen LogP) is 3.08. The van der Waals surface area contributed by atoms with Crippen LogP contribution in [-0.4, -0.2) is 25.0 Å². The molecule has 0 spiro atoms. The van der Waals surface area contributed by atoms with E-state index in [1.54, 1.807) is 0 Å². The molecule has 3 nitrogen and oxygen atoms in total. The summed E-state index contributed by atoms with van der Waals surface area (Å²) >= 11 is 0. The first-order valence-corrected chi connectivity index (χ1v) is 7.37. The molecule has 0 aromatic heterocycles. The fourth-order valence-corrected chi connectivity index (χ4v) is 2.21. The Labute approximate surface area is 126 Å². The molecule has 0 radical (unpaired) electrons. The lowest BCUT2D eigenvalue weighted by Crippen LogP contribution is -2.38. The highest BCUT2D eigenvalue weighted by molar-refractivity contribution is 5.94. The third-order valence-electron chi connectivity index (χ3n) is 3.38. The maximum atomic E-state index is 12.1. The molecule has 110 valence electrons. The Kier molecular flexibility index (Phi) is 5.52. The van der Waals surface area contributed by atoms with Crippen molar-refractivity contribution in [3.63, 3.8) is 0 Å². The van der Waals surface area contributed by atoms with Crippen molar-refractivity contribution in [2.45, 2.75) is 19.9 Å². The van der Waals surface area contributed by atoms with E-state index < -0.39 is 0 Å². The van der Waals surface area contributed by atoms with E-state index in [4.69, 9.17) is 0 Å². The van der Waals surface area contributed by atoms with E-state index in [0.717, 1.165) is 17.7 Å². The smallest absolute Gasteiger partial charge is 0.251 e. The van der Waals surface area contributed by atoms with Gasteiger partial charge < -0.3 is 10.6 Å². The topological polar surface area (TPSA) is 41.1 Å². The summed E-state index contributed by atoms with van der Waals surface area (Å²) < 4.78 is 0. The highest BCUT2D eigenvalue weighted by atomic mass is 16.1. The Hall–Kier alpha value is -2.13. The van der Waals surface area contributed by atoms with E-state index in [-0.39, 0.29) is 11.9 Å². The first-order valence-electron chi connectivity index (χ1n) is 7.37. The van der Waals surface area contributed by atoms with Crippen molar-refractivity contribution < 1.29 is 4.79 Å². The van der Waals surface area contributed by atoms with Gasteiger partial charge in [0, 0.05) is 18.2 Å². The number of carbonyl (C=O) groups is 1. The van der Waals surface area contributed by atoms with Gasteiger partial charge in [0.05, 0.1) is 0 Å². The van der Waals surface area contributed by atoms with Crippen molar-refractivity contribution in [1.82, 2.24) is 10.6 Å². The van der Waals surface area contributed by atoms with Gasteiger partial charge in [0.2, 0.25) is 0 Å². The third kappa shape index (κ3) is 4.43. The van der Waals surface area contributed by atoms with Crippen LogP contribution >= 0.6 is 0 Å². The summed E-state index contributed by atoms with van der Waals surface area (Å²) in [5.41, 5.74) is 2.97. The van der Waals surface area contributed by atoms with Gasteiger partial charge in [0.15, 0.2) is 0 Å². The molecule has 0 bridgehead atoms. The highest BCUT2D eigenvalue weighted by Gasteiger charge is 2.07. The van der Waals surface area contributed by atoms with Crippen molar-refractivity contribution in [3.8, 4) is 11.1 Å². The van der Waals surface area contributed by atoms with Crippen LogP contribution in [-0.2, 0) is 0 Å². The van der Waals surface area contributed by atoms with Crippen molar-refractivity contribution in [2.75, 3.05) is 13.1 Å². The lowest BCUT2D eigenvalue weighted by molar-refractivity contribution is 0.0950. The van der Waals surface area contributed by atoms with Gasteiger partial charge in [-0.3, -0.25) is 4.79 Å². The number of hydrogen-bond donors (Lipinski definition) is 2. The molecule has 2 aromatic carbocycles. The summed E-state index contributed by atoms with van der Waals surface area (Å²) in [6.45, 7) is 5.65. The van der Waals surface area contributed by atoms with Crippen LogP contribution in [0.25, 0.3) is 11.1 Å². The molecule has 0 saturated heterocycles. The third-order valence-corrected chi connectivity index (χ3v) is 3.38. The SMILES string of the molecule is CCN[C@H](C)CNC(=O)c1ccc(-c2ccccc2)cc1. The monoisotopic (exact) mass is 282 g/mol. The molecule has 3 heteroatoms. The molecule has 1 amide bonds. The van der Waals surface area contributed by atoms with Crippen LogP contribution < -0.4 is 10.6 Å². The maximum absolute atomic E-state index is 12.1. The van der Waals surface area contributed by atoms with E-state index in [2.05, 4.69) is 36.6 Å². The number of rotatable bonds is 6. The summed E-state index contributed by atoms with van der Waals surface area (Å²) in [6, 6.07) is 18.1. The van der Waals surface area contributed by atoms with E-state index >= 15 is 0 Å². The van der Waals surface area contributed by atoms with Crippen LogP contribution in [0.3, 0.4) is 0 Å². The van der Waals surface area contributed by atoms with Crippen LogP contribution in [0.2, 0.25) is 0 Å². The van der Waals surface area contributed by atoms with E-state index in [0.29, 0.717) is 12.1 Å². The van der Waals surface area contributed by atoms with Gasteiger partial charge in [-0.25, -0.2) is 0 Å². The first-order chi connectivity index (χ1) is 10.2. The number of likely N-dealkylation sites (N-methyl/N-ethyl adjacent to an activating group) is 1. The molecular weight excluding hydrogens is 260 g/mol. The minimum atomic E-state index is -0.0284. The van der Waals surface area contributed by atoms with E-state index in [1.165, 1.54) is 0 Å². The van der Waals surface area contributed by atoms with E-state index in [9.17, 15) is 4.79 Å². The average Bonchev–Trinajstić information content (AvgIpc) is 2.54. The van der Waals surface area contributed by atoms with Crippen LogP contribution in [0, 0.1) is 0 Å². The number of nitrogens with one attached hydrogen (secondary N) is 2. The van der Waals surface area contributed by atoms with Crippen LogP contribution in [0.15, 0.2) is 54.6 Å². The van der Waals surface area contributed by atoms with Crippen molar-refractivity contribution in [1.29, 1.82) is 0 Å². The summed E-state index contributed by atoms with van der Waals surface area (Å²) in [6.07, 6.45) is 0. The summed E-state index contributed by atoms with van der Waals surface area (Å²) in [5.74, 6) is -0.0284. The minimum absolute atomic E-state index is 0.0284. The number of carbonyl (C=O) groups excluding carboxylic acids is 1. The zero-order valence-corrected chi connectivity index (χ0v) is 12.6. The fraction of sp³-hybridized carbons (Fsp3) is 0.278. The van der Waals surface area contributed by atoms with Crippen molar-refractivity contribution in [3.05, 3.63) is 60.2 Å². The number of amides is 1. The van der Waals surface area contributed by atoms with Gasteiger partial charge in [-0.05, 0) is 36.7 Å². The summed E-state index contributed by atoms with van der Waals surface area (Å²) in [5, 5.41) is 6.21. The van der Waals surface area contributed by atoms with Gasteiger partial charge in [-0.1, -0.05) is 49.4 Å². The predicted molar refractivity (Wildman–Crippen MR) is 87.3 cm³/mol. The fourth-order valence-electron chi connectivity index (χ4n) is 2.21. The molecule has 0 unspecified atom stereocenters. The molecule has 0 aliphatic rings. The Morgan fingerprint density at radius 1 is 1.00 bits per heavy atom. The van der Waals surface area contributed by atoms with Crippen molar-refractivity contribution >= 4 is 5.91 Å². The lowest BCUT2D eigenvalue weighted by Gasteiger charge is -2.13. The summed E-state index contributed by atoms with van der Waals surface area (Å²) in [7, 11) is 0. The Bertz CT molecular complexity index is 564. The standard InChI is InChI=1S/C18H22N2O/c1-3-19-14(2)13-20-18(21)17-11-9-16(10-12-17)15-7-5-4-6-8-15/h4-12,14,19H,3,13H2,1-2H3,(H,20,21)/t14-/m1/s1. The molecule has 0 aliphatic heterocycles. The first kappa shape index (κ1) is 15.3. The molecule has 0 aliphatic carbocycles. The van der Waals surface area contributed by atoms with Gasteiger partial charge >= 0.3 is 0 Å². The molecule has 1 atom stereocenters. The second-order valence-electron chi connectivity index (χ2n) is 5.11. The summed E-state index contributed by atoms with van der Waals surface area (Å²) in [4.78, 5) is 12.1. The molecule has 0 heterocycles. The van der Waals surface area contributed by atoms with Gasteiger partial charge in [-0.2, -0.15) is 0 Å². The average molecular weight is 282 g/mol. The normalized spacial score (nSPS) is 11.9. The van der Waals surface area contributed by atoms with Crippen LogP contribution in [0.5, 0.6) is 0 Å². The Morgan fingerprint density at radius 2 is 1.62 bits per heavy atom. The van der Waals surface area contributed by atoms with Gasteiger partial charge in [0.25, 0.3) is 5.91 Å². The Balaban J connectivity index is 1.97. The second-order valence-corrected chi connectivity index (χ2v) is 5.11. The zero-order chi connectivity index (χ0) is 15.1. The molecule has 21 heavy (non-hydrogen) atoms. The van der Waals surface area contributed by atoms with Crippen LogP contribution in [0.4, 0.5) is 0 Å². The number of benzene rings is 2. The second kappa shape index (κ2) is 7.60. The van der Waals surface area contributed by atoms with Crippen LogP contribution in [0.1, 0.15) is 24.2 Å². The highest BCUT2D eigenvalue weighted by Crippen LogP contribution is 2.19. The number of hydrogen-bond acceptors (Lipinski definition) is 2. The quantitative estimate of drug-likeness (QED) is 0.855. The molecule has 2 N–H and O–H groups in total. The lowest BCUT2D eigenvalue weighted by atomic mass is 10.0. The zero-order valence-electron chi connectivity index (χ0n) is 12.6. The van der Waals surface area contributed by atoms with Gasteiger partial charge in [0.1, 0.15) is 0 Å². The van der Waals surface area contributed by atoms with E-state index in [1.807, 2.05) is 42.5 Å².